The van der Waals surface area contributed by atoms with E-state index in [-0.39, 0.29) is 0 Å². The molecule has 5 nitrogen and oxygen atoms in total. The molecule has 0 amide bonds. The highest BCUT2D eigenvalue weighted by molar-refractivity contribution is 9.10. The van der Waals surface area contributed by atoms with E-state index in [2.05, 4.69) is 27.3 Å². The second-order valence-corrected chi connectivity index (χ2v) is 9.36. The lowest BCUT2D eigenvalue weighted by molar-refractivity contribution is 0.0547. The lowest BCUT2D eigenvalue weighted by Crippen LogP contribution is -2.27. The van der Waals surface area contributed by atoms with Crippen LogP contribution in [0, 0.1) is 11.3 Å². The molecule has 0 atom stereocenters. The standard InChI is InChI=1S/C26H22BrN3O2/c1-26(2,3)32-25(31)30-23(14-19-6-9-20(27)15-24(19)30)18-7-12-22(13-8-18)29-21-10-4-17(16-28)5-11-21/h4-15,29H,1-3H3. The molecule has 4 rings (SSSR count). The Kier molecular flexibility index (Phi) is 5.77. The summed E-state index contributed by atoms with van der Waals surface area (Å²) in [4.78, 5) is 13.1. The molecule has 0 spiro atoms. The van der Waals surface area contributed by atoms with Gasteiger partial charge in [0.1, 0.15) is 5.60 Å². The molecule has 1 heterocycles. The van der Waals surface area contributed by atoms with Crippen molar-refractivity contribution in [1.82, 2.24) is 4.57 Å². The maximum Gasteiger partial charge on any atom is 0.419 e. The van der Waals surface area contributed by atoms with Crippen LogP contribution in [-0.2, 0) is 4.74 Å². The SMILES string of the molecule is CC(C)(C)OC(=O)n1c(-c2ccc(Nc3ccc(C#N)cc3)cc2)cc2ccc(Br)cc21. The molecule has 3 aromatic carbocycles. The van der Waals surface area contributed by atoms with Gasteiger partial charge in [-0.1, -0.05) is 34.1 Å². The topological polar surface area (TPSA) is 67.0 Å². The molecule has 0 radical (unpaired) electrons. The van der Waals surface area contributed by atoms with Crippen LogP contribution in [0.4, 0.5) is 16.2 Å². The third kappa shape index (κ3) is 4.68. The van der Waals surface area contributed by atoms with Gasteiger partial charge in [0.2, 0.25) is 0 Å². The van der Waals surface area contributed by atoms with Crippen LogP contribution in [0.25, 0.3) is 22.2 Å². The van der Waals surface area contributed by atoms with Crippen molar-refractivity contribution in [2.24, 2.45) is 0 Å². The van der Waals surface area contributed by atoms with Gasteiger partial charge in [-0.15, -0.1) is 0 Å². The Morgan fingerprint density at radius 2 is 1.59 bits per heavy atom. The fraction of sp³-hybridized carbons (Fsp3) is 0.154. The average Bonchev–Trinajstić information content (AvgIpc) is 3.12. The van der Waals surface area contributed by atoms with Crippen LogP contribution in [0.15, 0.2) is 77.3 Å². The number of carbonyl (C=O) groups excluding carboxylic acids is 1. The Balaban J connectivity index is 1.70. The van der Waals surface area contributed by atoms with Gasteiger partial charge in [0, 0.05) is 21.2 Å². The summed E-state index contributed by atoms with van der Waals surface area (Å²) >= 11 is 3.50. The maximum absolute atomic E-state index is 13.1. The third-order valence-electron chi connectivity index (χ3n) is 4.83. The zero-order chi connectivity index (χ0) is 22.9. The second-order valence-electron chi connectivity index (χ2n) is 8.44. The predicted molar refractivity (Wildman–Crippen MR) is 131 cm³/mol. The van der Waals surface area contributed by atoms with Crippen LogP contribution in [0.5, 0.6) is 0 Å². The number of nitriles is 1. The van der Waals surface area contributed by atoms with Gasteiger partial charge in [0.15, 0.2) is 0 Å². The fourth-order valence-electron chi connectivity index (χ4n) is 3.41. The van der Waals surface area contributed by atoms with Crippen molar-refractivity contribution in [2.45, 2.75) is 26.4 Å². The van der Waals surface area contributed by atoms with Gasteiger partial charge in [-0.05, 0) is 80.9 Å². The van der Waals surface area contributed by atoms with E-state index in [0.717, 1.165) is 38.0 Å². The van der Waals surface area contributed by atoms with Crippen LogP contribution in [0.3, 0.4) is 0 Å². The van der Waals surface area contributed by atoms with Gasteiger partial charge in [0.25, 0.3) is 0 Å². The van der Waals surface area contributed by atoms with Crippen molar-refractivity contribution in [3.8, 4) is 17.3 Å². The minimum Gasteiger partial charge on any atom is -0.443 e. The Bertz CT molecular complexity index is 1330. The average molecular weight is 488 g/mol. The third-order valence-corrected chi connectivity index (χ3v) is 5.32. The van der Waals surface area contributed by atoms with E-state index in [4.69, 9.17) is 10.00 Å². The Morgan fingerprint density at radius 1 is 0.969 bits per heavy atom. The molecule has 0 aliphatic rings. The highest BCUT2D eigenvalue weighted by atomic mass is 79.9. The van der Waals surface area contributed by atoms with E-state index >= 15 is 0 Å². The number of carbonyl (C=O) groups is 1. The van der Waals surface area contributed by atoms with Gasteiger partial charge in [-0.25, -0.2) is 9.36 Å². The molecule has 4 aromatic rings. The summed E-state index contributed by atoms with van der Waals surface area (Å²) in [5.74, 6) is 0. The van der Waals surface area contributed by atoms with Gasteiger partial charge in [-0.2, -0.15) is 5.26 Å². The summed E-state index contributed by atoms with van der Waals surface area (Å²) in [6, 6.07) is 25.1. The largest absolute Gasteiger partial charge is 0.443 e. The molecular formula is C26H22BrN3O2. The number of aromatic nitrogens is 1. The Hall–Kier alpha value is -3.56. The second kappa shape index (κ2) is 8.52. The van der Waals surface area contributed by atoms with Crippen molar-refractivity contribution >= 4 is 44.3 Å². The predicted octanol–water partition coefficient (Wildman–Crippen LogP) is 7.47. The Morgan fingerprint density at radius 3 is 2.19 bits per heavy atom. The fourth-order valence-corrected chi connectivity index (χ4v) is 3.76. The minimum atomic E-state index is -0.605. The lowest BCUT2D eigenvalue weighted by Gasteiger charge is -2.21. The maximum atomic E-state index is 13.1. The summed E-state index contributed by atoms with van der Waals surface area (Å²) in [7, 11) is 0. The van der Waals surface area contributed by atoms with Crippen molar-refractivity contribution in [3.05, 3.63) is 82.8 Å². The summed E-state index contributed by atoms with van der Waals surface area (Å²) in [5, 5.41) is 13.2. The molecule has 0 aliphatic heterocycles. The first-order valence-corrected chi connectivity index (χ1v) is 10.9. The van der Waals surface area contributed by atoms with Crippen LogP contribution < -0.4 is 5.32 Å². The quantitative estimate of drug-likeness (QED) is 0.325. The van der Waals surface area contributed by atoms with Crippen LogP contribution >= 0.6 is 15.9 Å². The van der Waals surface area contributed by atoms with E-state index in [1.54, 1.807) is 16.7 Å². The minimum absolute atomic E-state index is 0.416. The van der Waals surface area contributed by atoms with E-state index in [1.807, 2.05) is 81.4 Å². The number of hydrogen-bond acceptors (Lipinski definition) is 4. The van der Waals surface area contributed by atoms with Crippen LogP contribution in [-0.4, -0.2) is 16.3 Å². The zero-order valence-corrected chi connectivity index (χ0v) is 19.6. The first kappa shape index (κ1) is 21.7. The molecule has 0 unspecified atom stereocenters. The number of nitrogens with zero attached hydrogens (tertiary/aromatic N) is 2. The zero-order valence-electron chi connectivity index (χ0n) is 18.0. The highest BCUT2D eigenvalue weighted by Crippen LogP contribution is 2.32. The number of fused-ring (bicyclic) bond motifs is 1. The smallest absolute Gasteiger partial charge is 0.419 e. The van der Waals surface area contributed by atoms with Crippen LogP contribution in [0.2, 0.25) is 0 Å². The molecule has 0 saturated heterocycles. The van der Waals surface area contributed by atoms with Gasteiger partial charge >= 0.3 is 6.09 Å². The molecule has 32 heavy (non-hydrogen) atoms. The number of anilines is 2. The van der Waals surface area contributed by atoms with Crippen molar-refractivity contribution in [1.29, 1.82) is 5.26 Å². The molecule has 1 aromatic heterocycles. The summed E-state index contributed by atoms with van der Waals surface area (Å²) in [6.45, 7) is 5.57. The number of benzene rings is 3. The number of hydrogen-bond donors (Lipinski definition) is 1. The highest BCUT2D eigenvalue weighted by Gasteiger charge is 2.23. The summed E-state index contributed by atoms with van der Waals surface area (Å²) in [6.07, 6.45) is -0.416. The van der Waals surface area contributed by atoms with Gasteiger partial charge < -0.3 is 10.1 Å². The van der Waals surface area contributed by atoms with Crippen molar-refractivity contribution in [2.75, 3.05) is 5.32 Å². The summed E-state index contributed by atoms with van der Waals surface area (Å²) < 4.78 is 8.20. The first-order valence-electron chi connectivity index (χ1n) is 10.2. The first-order chi connectivity index (χ1) is 15.2. The number of ether oxygens (including phenoxy) is 1. The molecule has 0 fully saturated rings. The number of nitrogens with one attached hydrogen (secondary N) is 1. The monoisotopic (exact) mass is 487 g/mol. The molecule has 6 heteroatoms. The van der Waals surface area contributed by atoms with E-state index in [1.165, 1.54) is 0 Å². The van der Waals surface area contributed by atoms with Crippen LogP contribution in [0.1, 0.15) is 26.3 Å². The number of halogens is 1. The molecule has 0 aliphatic carbocycles. The molecule has 1 N–H and O–H groups in total. The molecule has 0 bridgehead atoms. The van der Waals surface area contributed by atoms with E-state index in [9.17, 15) is 4.79 Å². The Labute approximate surface area is 195 Å². The lowest BCUT2D eigenvalue weighted by atomic mass is 10.1. The van der Waals surface area contributed by atoms with Crippen molar-refractivity contribution in [3.63, 3.8) is 0 Å². The molecule has 0 saturated carbocycles. The van der Waals surface area contributed by atoms with Gasteiger partial charge in [0.05, 0.1) is 22.8 Å². The normalized spacial score (nSPS) is 11.2. The van der Waals surface area contributed by atoms with E-state index in [0.29, 0.717) is 5.56 Å². The summed E-state index contributed by atoms with van der Waals surface area (Å²) in [5.41, 5.74) is 4.25. The van der Waals surface area contributed by atoms with Crippen molar-refractivity contribution < 1.29 is 9.53 Å². The number of rotatable bonds is 3. The molecular weight excluding hydrogens is 466 g/mol. The molecule has 160 valence electrons. The van der Waals surface area contributed by atoms with Gasteiger partial charge in [-0.3, -0.25) is 0 Å². The van der Waals surface area contributed by atoms with E-state index < -0.39 is 11.7 Å².